The minimum atomic E-state index is 0.462. The average Bonchev–Trinajstić information content (AvgIpc) is 3.13. The number of hydrogen-bond donors (Lipinski definition) is 0. The van der Waals surface area contributed by atoms with Crippen LogP contribution in [0.3, 0.4) is 0 Å². The van der Waals surface area contributed by atoms with Crippen LogP contribution in [0.15, 0.2) is 48.8 Å². The summed E-state index contributed by atoms with van der Waals surface area (Å²) >= 11 is 0. The summed E-state index contributed by atoms with van der Waals surface area (Å²) in [6.45, 7) is 3.33. The lowest BCUT2D eigenvalue weighted by atomic mass is 10.0. The van der Waals surface area contributed by atoms with Gasteiger partial charge >= 0.3 is 0 Å². The van der Waals surface area contributed by atoms with Crippen molar-refractivity contribution in [2.75, 3.05) is 13.6 Å². The fourth-order valence-electron chi connectivity index (χ4n) is 3.57. The van der Waals surface area contributed by atoms with Gasteiger partial charge in [0.25, 0.3) is 0 Å². The summed E-state index contributed by atoms with van der Waals surface area (Å²) in [5.74, 6) is 0. The molecule has 112 valence electrons. The van der Waals surface area contributed by atoms with Crippen LogP contribution in [0, 0.1) is 6.92 Å². The van der Waals surface area contributed by atoms with Crippen molar-refractivity contribution in [3.63, 3.8) is 0 Å². The Morgan fingerprint density at radius 1 is 1.14 bits per heavy atom. The van der Waals surface area contributed by atoms with Crippen molar-refractivity contribution in [1.82, 2.24) is 14.3 Å². The number of imidazole rings is 1. The zero-order chi connectivity index (χ0) is 15.1. The molecule has 0 bridgehead atoms. The van der Waals surface area contributed by atoms with Crippen molar-refractivity contribution in [3.8, 4) is 11.1 Å². The van der Waals surface area contributed by atoms with Gasteiger partial charge in [0, 0.05) is 18.0 Å². The number of fused-ring (bicyclic) bond motifs is 1. The van der Waals surface area contributed by atoms with E-state index in [0.29, 0.717) is 6.04 Å². The van der Waals surface area contributed by atoms with Gasteiger partial charge in [-0.2, -0.15) is 0 Å². The number of aryl methyl sites for hydroxylation is 1. The highest BCUT2D eigenvalue weighted by Crippen LogP contribution is 2.33. The summed E-state index contributed by atoms with van der Waals surface area (Å²) in [5, 5.41) is 0. The number of aromatic nitrogens is 2. The highest BCUT2D eigenvalue weighted by atomic mass is 15.2. The molecule has 0 aliphatic carbocycles. The van der Waals surface area contributed by atoms with E-state index < -0.39 is 0 Å². The fourth-order valence-corrected chi connectivity index (χ4v) is 3.57. The maximum Gasteiger partial charge on any atom is 0.145 e. The molecule has 22 heavy (non-hydrogen) atoms. The van der Waals surface area contributed by atoms with Crippen LogP contribution in [0.25, 0.3) is 16.8 Å². The van der Waals surface area contributed by atoms with E-state index in [2.05, 4.69) is 72.1 Å². The quantitative estimate of drug-likeness (QED) is 0.709. The summed E-state index contributed by atoms with van der Waals surface area (Å²) in [5.41, 5.74) is 6.03. The van der Waals surface area contributed by atoms with Gasteiger partial charge in [-0.15, -0.1) is 0 Å². The topological polar surface area (TPSA) is 20.5 Å². The predicted molar refractivity (Wildman–Crippen MR) is 90.0 cm³/mol. The minimum Gasteiger partial charge on any atom is -0.306 e. The van der Waals surface area contributed by atoms with Gasteiger partial charge in [-0.25, -0.2) is 4.98 Å². The largest absolute Gasteiger partial charge is 0.306 e. The molecule has 4 rings (SSSR count). The maximum absolute atomic E-state index is 5.00. The van der Waals surface area contributed by atoms with Crippen molar-refractivity contribution >= 4 is 5.65 Å². The van der Waals surface area contributed by atoms with E-state index >= 15 is 0 Å². The molecule has 2 aromatic heterocycles. The number of rotatable bonds is 2. The van der Waals surface area contributed by atoms with Gasteiger partial charge < -0.3 is 4.40 Å². The van der Waals surface area contributed by atoms with Gasteiger partial charge in [0.05, 0.1) is 11.7 Å². The van der Waals surface area contributed by atoms with Gasteiger partial charge in [0.2, 0.25) is 0 Å². The average molecular weight is 291 g/mol. The molecule has 0 spiro atoms. The molecule has 3 aromatic rings. The smallest absolute Gasteiger partial charge is 0.145 e. The normalized spacial score (nSPS) is 19.1. The van der Waals surface area contributed by atoms with Crippen molar-refractivity contribution in [2.24, 2.45) is 0 Å². The van der Waals surface area contributed by atoms with Gasteiger partial charge in [-0.1, -0.05) is 30.3 Å². The fraction of sp³-hybridized carbons (Fsp3) is 0.316. The van der Waals surface area contributed by atoms with Crippen LogP contribution in [-0.4, -0.2) is 27.9 Å². The highest BCUT2D eigenvalue weighted by Gasteiger charge is 2.25. The Bertz CT molecular complexity index is 804. The van der Waals surface area contributed by atoms with Crippen molar-refractivity contribution < 1.29 is 0 Å². The Kier molecular flexibility index (Phi) is 3.23. The van der Waals surface area contributed by atoms with E-state index in [9.17, 15) is 0 Å². The van der Waals surface area contributed by atoms with Crippen molar-refractivity contribution in [2.45, 2.75) is 25.8 Å². The summed E-state index contributed by atoms with van der Waals surface area (Å²) in [7, 11) is 2.20. The molecule has 1 atom stereocenters. The van der Waals surface area contributed by atoms with E-state index in [1.807, 2.05) is 0 Å². The van der Waals surface area contributed by atoms with Crippen molar-refractivity contribution in [3.05, 3.63) is 60.0 Å². The van der Waals surface area contributed by atoms with Crippen LogP contribution in [0.1, 0.15) is 30.1 Å². The summed E-state index contributed by atoms with van der Waals surface area (Å²) < 4.78 is 2.18. The molecule has 0 saturated carbocycles. The molecule has 1 aliphatic heterocycles. The van der Waals surface area contributed by atoms with Gasteiger partial charge in [-0.05, 0) is 50.6 Å². The van der Waals surface area contributed by atoms with E-state index in [0.717, 1.165) is 5.65 Å². The highest BCUT2D eigenvalue weighted by molar-refractivity contribution is 5.80. The summed E-state index contributed by atoms with van der Waals surface area (Å²) in [6.07, 6.45) is 6.80. The third kappa shape index (κ3) is 2.13. The minimum absolute atomic E-state index is 0.462. The number of benzene rings is 1. The zero-order valence-corrected chi connectivity index (χ0v) is 13.2. The third-order valence-electron chi connectivity index (χ3n) is 4.78. The maximum atomic E-state index is 5.00. The molecule has 1 aliphatic rings. The lowest BCUT2D eigenvalue weighted by Crippen LogP contribution is -2.17. The monoisotopic (exact) mass is 291 g/mol. The number of likely N-dealkylation sites (tertiary alicyclic amines) is 1. The lowest BCUT2D eigenvalue weighted by Gasteiger charge is -2.16. The predicted octanol–water partition coefficient (Wildman–Crippen LogP) is 4.08. The summed E-state index contributed by atoms with van der Waals surface area (Å²) in [4.78, 5) is 7.42. The molecule has 1 saturated heterocycles. The molecule has 1 aromatic carbocycles. The summed E-state index contributed by atoms with van der Waals surface area (Å²) in [6, 6.07) is 13.2. The number of pyridine rings is 1. The molecule has 1 fully saturated rings. The SMILES string of the molecule is Cc1ccn2cc([C@@H]3CCCN3C)nc2c1-c1ccccc1. The van der Waals surface area contributed by atoms with Gasteiger partial charge in [0.1, 0.15) is 5.65 Å². The second-order valence-electron chi connectivity index (χ2n) is 6.28. The van der Waals surface area contributed by atoms with E-state index in [1.54, 1.807) is 0 Å². The molecule has 0 N–H and O–H groups in total. The Balaban J connectivity index is 1.89. The first-order chi connectivity index (χ1) is 10.7. The van der Waals surface area contributed by atoms with E-state index in [-0.39, 0.29) is 0 Å². The molecule has 3 nitrogen and oxygen atoms in total. The molecule has 0 unspecified atom stereocenters. The molecule has 3 heterocycles. The van der Waals surface area contributed by atoms with Gasteiger partial charge in [-0.3, -0.25) is 4.90 Å². The first-order valence-corrected chi connectivity index (χ1v) is 7.98. The van der Waals surface area contributed by atoms with Crippen LogP contribution in [0.5, 0.6) is 0 Å². The van der Waals surface area contributed by atoms with Crippen LogP contribution in [0.4, 0.5) is 0 Å². The van der Waals surface area contributed by atoms with Gasteiger partial charge in [0.15, 0.2) is 0 Å². The molecular weight excluding hydrogens is 270 g/mol. The Morgan fingerprint density at radius 3 is 2.68 bits per heavy atom. The van der Waals surface area contributed by atoms with Crippen LogP contribution in [0.2, 0.25) is 0 Å². The Labute approximate surface area is 131 Å². The second-order valence-corrected chi connectivity index (χ2v) is 6.28. The molecule has 0 amide bonds. The standard InChI is InChI=1S/C19H21N3/c1-14-10-12-22-13-16(17-9-6-11-21(17)2)20-19(22)18(14)15-7-4-3-5-8-15/h3-5,7-8,10,12-13,17H,6,9,11H2,1-2H3/t17-/m0/s1. The van der Waals surface area contributed by atoms with E-state index in [1.165, 1.54) is 41.8 Å². The molecule has 0 radical (unpaired) electrons. The first kappa shape index (κ1) is 13.5. The Morgan fingerprint density at radius 2 is 1.95 bits per heavy atom. The molecular formula is C19H21N3. The second kappa shape index (κ2) is 5.25. The third-order valence-corrected chi connectivity index (χ3v) is 4.78. The van der Waals surface area contributed by atoms with Crippen LogP contribution < -0.4 is 0 Å². The van der Waals surface area contributed by atoms with Crippen LogP contribution >= 0.6 is 0 Å². The van der Waals surface area contributed by atoms with Crippen LogP contribution in [-0.2, 0) is 0 Å². The van der Waals surface area contributed by atoms with Crippen molar-refractivity contribution in [1.29, 1.82) is 0 Å². The zero-order valence-electron chi connectivity index (χ0n) is 13.2. The number of nitrogens with zero attached hydrogens (tertiary/aromatic N) is 3. The lowest BCUT2D eigenvalue weighted by molar-refractivity contribution is 0.313. The Hall–Kier alpha value is -2.13. The molecule has 3 heteroatoms. The van der Waals surface area contributed by atoms with E-state index in [4.69, 9.17) is 4.98 Å². The first-order valence-electron chi connectivity index (χ1n) is 7.98. The number of hydrogen-bond acceptors (Lipinski definition) is 2.